The van der Waals surface area contributed by atoms with E-state index in [1.807, 2.05) is 0 Å². The molecule has 0 aliphatic heterocycles. The Labute approximate surface area is 157 Å². The first kappa shape index (κ1) is 19.5. The summed E-state index contributed by atoms with van der Waals surface area (Å²) in [5.74, 6) is -0.336. The highest BCUT2D eigenvalue weighted by Gasteiger charge is 2.39. The molecular formula is C17H13F3N4O3S. The van der Waals surface area contributed by atoms with Gasteiger partial charge in [0.2, 0.25) is 0 Å². The lowest BCUT2D eigenvalue weighted by atomic mass is 10.2. The Morgan fingerprint density at radius 1 is 1.11 bits per heavy atom. The molecule has 28 heavy (non-hydrogen) atoms. The van der Waals surface area contributed by atoms with Crippen molar-refractivity contribution in [3.63, 3.8) is 0 Å². The molecule has 0 aliphatic carbocycles. The second kappa shape index (κ2) is 7.08. The van der Waals surface area contributed by atoms with E-state index in [4.69, 9.17) is 0 Å². The Bertz CT molecular complexity index is 1110. The predicted molar refractivity (Wildman–Crippen MR) is 94.6 cm³/mol. The maximum atomic E-state index is 13.3. The summed E-state index contributed by atoms with van der Waals surface area (Å²) in [5, 5.41) is 6.24. The first-order chi connectivity index (χ1) is 13.1. The molecule has 0 aliphatic rings. The van der Waals surface area contributed by atoms with Crippen LogP contribution in [0.1, 0.15) is 16.1 Å². The molecule has 146 valence electrons. The number of benzene rings is 1. The Balaban J connectivity index is 2.19. The molecule has 3 aromatic rings. The summed E-state index contributed by atoms with van der Waals surface area (Å²) in [4.78, 5) is 15.2. The van der Waals surface area contributed by atoms with Crippen molar-refractivity contribution in [1.29, 1.82) is 0 Å². The average molecular weight is 410 g/mol. The predicted octanol–water partition coefficient (Wildman–Crippen LogP) is 3.25. The number of hydrogen-bond donors (Lipinski definition) is 1. The molecule has 0 spiro atoms. The molecule has 0 amide bonds. The highest BCUT2D eigenvalue weighted by atomic mass is 32.2. The minimum absolute atomic E-state index is 0.0580. The van der Waals surface area contributed by atoms with Crippen LogP contribution in [0.5, 0.6) is 0 Å². The number of alkyl halides is 3. The van der Waals surface area contributed by atoms with E-state index in [1.165, 1.54) is 12.1 Å². The molecule has 0 fully saturated rings. The van der Waals surface area contributed by atoms with Crippen LogP contribution in [-0.2, 0) is 16.0 Å². The van der Waals surface area contributed by atoms with E-state index in [1.54, 1.807) is 30.3 Å². The Kier molecular flexibility index (Phi) is 4.94. The summed E-state index contributed by atoms with van der Waals surface area (Å²) in [6.07, 6.45) is -2.83. The van der Waals surface area contributed by atoms with Gasteiger partial charge in [-0.05, 0) is 24.3 Å². The van der Waals surface area contributed by atoms with Crippen LogP contribution in [0.25, 0.3) is 5.82 Å². The molecule has 1 N–H and O–H groups in total. The zero-order chi connectivity index (χ0) is 20.5. The van der Waals surface area contributed by atoms with Gasteiger partial charge in [-0.2, -0.15) is 23.0 Å². The van der Waals surface area contributed by atoms with E-state index in [0.717, 1.165) is 17.1 Å². The quantitative estimate of drug-likeness (QED) is 0.649. The fourth-order valence-electron chi connectivity index (χ4n) is 2.41. The lowest BCUT2D eigenvalue weighted by molar-refractivity contribution is -0.141. The molecular weight excluding hydrogens is 397 g/mol. The molecule has 0 atom stereocenters. The van der Waals surface area contributed by atoms with Crippen LogP contribution >= 0.6 is 0 Å². The van der Waals surface area contributed by atoms with Gasteiger partial charge in [0, 0.05) is 18.1 Å². The van der Waals surface area contributed by atoms with Crippen molar-refractivity contribution in [2.75, 3.05) is 11.6 Å². The monoisotopic (exact) mass is 410 g/mol. The second-order valence-electron chi connectivity index (χ2n) is 5.75. The molecule has 11 heteroatoms. The number of sulfone groups is 1. The van der Waals surface area contributed by atoms with Crippen LogP contribution in [0.15, 0.2) is 53.6 Å². The molecule has 7 nitrogen and oxygen atoms in total. The van der Waals surface area contributed by atoms with E-state index in [9.17, 15) is 26.4 Å². The van der Waals surface area contributed by atoms with Gasteiger partial charge in [-0.25, -0.2) is 13.4 Å². The molecule has 1 aromatic carbocycles. The fourth-order valence-corrected chi connectivity index (χ4v) is 2.97. The Morgan fingerprint density at radius 3 is 2.29 bits per heavy atom. The maximum Gasteiger partial charge on any atom is 0.435 e. The summed E-state index contributed by atoms with van der Waals surface area (Å²) in [5.41, 5.74) is -1.64. The molecule has 0 saturated carbocycles. The lowest BCUT2D eigenvalue weighted by Gasteiger charge is -2.10. The molecule has 0 radical (unpaired) electrons. The van der Waals surface area contributed by atoms with Crippen LogP contribution in [0.4, 0.5) is 24.7 Å². The number of nitrogens with one attached hydrogen (secondary N) is 1. The first-order valence-corrected chi connectivity index (χ1v) is 9.64. The van der Waals surface area contributed by atoms with Crippen molar-refractivity contribution in [3.8, 4) is 5.82 Å². The summed E-state index contributed by atoms with van der Waals surface area (Å²) < 4.78 is 63.9. The molecule has 2 heterocycles. The van der Waals surface area contributed by atoms with Crippen molar-refractivity contribution in [2.24, 2.45) is 0 Å². The van der Waals surface area contributed by atoms with Gasteiger partial charge in [0.15, 0.2) is 27.6 Å². The Morgan fingerprint density at radius 2 is 1.79 bits per heavy atom. The minimum atomic E-state index is -4.87. The maximum absolute atomic E-state index is 13.3. The van der Waals surface area contributed by atoms with Crippen LogP contribution in [0.3, 0.4) is 0 Å². The van der Waals surface area contributed by atoms with Crippen molar-refractivity contribution in [1.82, 2.24) is 14.8 Å². The molecule has 2 aromatic heterocycles. The molecule has 0 bridgehead atoms. The number of aromatic nitrogens is 3. The third-order valence-electron chi connectivity index (χ3n) is 3.71. The largest absolute Gasteiger partial charge is 0.435 e. The van der Waals surface area contributed by atoms with Crippen molar-refractivity contribution in [3.05, 3.63) is 59.9 Å². The minimum Gasteiger partial charge on any atom is -0.339 e. The van der Waals surface area contributed by atoms with Gasteiger partial charge in [0.25, 0.3) is 0 Å². The number of carbonyl (C=O) groups is 1. The molecule has 3 rings (SSSR count). The van der Waals surface area contributed by atoms with Gasteiger partial charge in [-0.15, -0.1) is 0 Å². The Hall–Kier alpha value is -3.21. The summed E-state index contributed by atoms with van der Waals surface area (Å²) in [6, 6.07) is 10.6. The summed E-state index contributed by atoms with van der Waals surface area (Å²) in [6.45, 7) is 0. The number of pyridine rings is 1. The van der Waals surface area contributed by atoms with Crippen molar-refractivity contribution < 1.29 is 26.4 Å². The SMILES string of the molecule is CS(=O)(=O)c1ccc(-n2nc(C(F)(F)F)c(C=O)c2Nc2ccccc2)nc1. The number of nitrogens with zero attached hydrogens (tertiary/aromatic N) is 3. The van der Waals surface area contributed by atoms with Gasteiger partial charge in [0.05, 0.1) is 10.5 Å². The third-order valence-corrected chi connectivity index (χ3v) is 4.81. The van der Waals surface area contributed by atoms with E-state index in [2.05, 4.69) is 15.4 Å². The van der Waals surface area contributed by atoms with E-state index in [0.29, 0.717) is 5.69 Å². The summed E-state index contributed by atoms with van der Waals surface area (Å²) in [7, 11) is -3.54. The number of aldehydes is 1. The standard InChI is InChI=1S/C17H13F3N4O3S/c1-28(26,27)12-7-8-14(21-9-12)24-16(22-11-5-3-2-4-6-11)13(10-25)15(23-24)17(18,19)20/h2-10,22H,1H3. The number of para-hydroxylation sites is 1. The van der Waals surface area contributed by atoms with Crippen molar-refractivity contribution in [2.45, 2.75) is 11.1 Å². The fraction of sp³-hybridized carbons (Fsp3) is 0.118. The van der Waals surface area contributed by atoms with Crippen LogP contribution in [0, 0.1) is 0 Å². The number of carbonyl (C=O) groups excluding carboxylic acids is 1. The highest BCUT2D eigenvalue weighted by Crippen LogP contribution is 2.35. The van der Waals surface area contributed by atoms with Crippen LogP contribution in [-0.4, -0.2) is 35.7 Å². The number of hydrogen-bond acceptors (Lipinski definition) is 6. The van der Waals surface area contributed by atoms with Gasteiger partial charge in [-0.3, -0.25) is 4.79 Å². The molecule has 0 unspecified atom stereocenters. The number of anilines is 2. The lowest BCUT2D eigenvalue weighted by Crippen LogP contribution is -2.10. The smallest absolute Gasteiger partial charge is 0.339 e. The van der Waals surface area contributed by atoms with E-state index in [-0.39, 0.29) is 22.8 Å². The van der Waals surface area contributed by atoms with E-state index >= 15 is 0 Å². The zero-order valence-electron chi connectivity index (χ0n) is 14.3. The topological polar surface area (TPSA) is 94.0 Å². The van der Waals surface area contributed by atoms with Gasteiger partial charge in [0.1, 0.15) is 5.82 Å². The number of halogens is 3. The van der Waals surface area contributed by atoms with Gasteiger partial charge < -0.3 is 5.32 Å². The first-order valence-electron chi connectivity index (χ1n) is 7.75. The van der Waals surface area contributed by atoms with Gasteiger partial charge in [-0.1, -0.05) is 18.2 Å². The van der Waals surface area contributed by atoms with E-state index < -0.39 is 27.3 Å². The van der Waals surface area contributed by atoms with Gasteiger partial charge >= 0.3 is 6.18 Å². The van der Waals surface area contributed by atoms with Crippen LogP contribution in [0.2, 0.25) is 0 Å². The van der Waals surface area contributed by atoms with Crippen molar-refractivity contribution >= 4 is 27.6 Å². The normalized spacial score (nSPS) is 12.0. The van der Waals surface area contributed by atoms with Crippen LogP contribution < -0.4 is 5.32 Å². The molecule has 0 saturated heterocycles. The second-order valence-corrected chi connectivity index (χ2v) is 7.77. The summed E-state index contributed by atoms with van der Waals surface area (Å²) >= 11 is 0. The highest BCUT2D eigenvalue weighted by molar-refractivity contribution is 7.90. The third kappa shape index (κ3) is 3.88. The average Bonchev–Trinajstić information content (AvgIpc) is 3.00. The zero-order valence-corrected chi connectivity index (χ0v) is 15.1. The number of rotatable bonds is 5.